The van der Waals surface area contributed by atoms with E-state index in [4.69, 9.17) is 16.3 Å². The number of nitro benzene ring substituents is 1. The van der Waals surface area contributed by atoms with Gasteiger partial charge in [0.15, 0.2) is 5.78 Å². The summed E-state index contributed by atoms with van der Waals surface area (Å²) in [5, 5.41) is 11.6. The summed E-state index contributed by atoms with van der Waals surface area (Å²) in [4.78, 5) is 49.5. The van der Waals surface area contributed by atoms with Gasteiger partial charge in [-0.2, -0.15) is 0 Å². The Labute approximate surface area is 187 Å². The van der Waals surface area contributed by atoms with Crippen LogP contribution in [-0.4, -0.2) is 40.6 Å². The number of ketones is 1. The predicted octanol–water partition coefficient (Wildman–Crippen LogP) is 4.15. The van der Waals surface area contributed by atoms with E-state index < -0.39 is 22.5 Å². The van der Waals surface area contributed by atoms with Crippen molar-refractivity contribution >= 4 is 34.9 Å². The largest absolute Gasteiger partial charge is 0.491 e. The van der Waals surface area contributed by atoms with E-state index in [1.165, 1.54) is 36.4 Å². The summed E-state index contributed by atoms with van der Waals surface area (Å²) in [7, 11) is 0. The van der Waals surface area contributed by atoms with Crippen LogP contribution in [0.15, 0.2) is 66.7 Å². The van der Waals surface area contributed by atoms with Gasteiger partial charge >= 0.3 is 0 Å². The van der Waals surface area contributed by atoms with Gasteiger partial charge < -0.3 is 4.74 Å². The number of fused-ring (bicyclic) bond motifs is 1. The van der Waals surface area contributed by atoms with Crippen LogP contribution in [0, 0.1) is 10.1 Å². The number of nitrogens with zero attached hydrogens (tertiary/aromatic N) is 2. The minimum absolute atomic E-state index is 0.0103. The van der Waals surface area contributed by atoms with Gasteiger partial charge in [0.25, 0.3) is 17.5 Å². The van der Waals surface area contributed by atoms with Gasteiger partial charge in [-0.05, 0) is 42.5 Å². The second-order valence-electron chi connectivity index (χ2n) is 6.93. The Morgan fingerprint density at radius 3 is 2.19 bits per heavy atom. The molecule has 1 heterocycles. The summed E-state index contributed by atoms with van der Waals surface area (Å²) in [6, 6.07) is 16.3. The van der Waals surface area contributed by atoms with E-state index in [1.54, 1.807) is 24.3 Å². The lowest BCUT2D eigenvalue weighted by molar-refractivity contribution is -0.384. The Bertz CT molecular complexity index is 1220. The van der Waals surface area contributed by atoms with Gasteiger partial charge in [0.1, 0.15) is 12.4 Å². The maximum atomic E-state index is 13.0. The molecule has 0 aromatic heterocycles. The highest BCUT2D eigenvalue weighted by Crippen LogP contribution is 2.28. The Balaban J connectivity index is 1.54. The maximum absolute atomic E-state index is 13.0. The molecular weight excluding hydrogens is 436 g/mol. The van der Waals surface area contributed by atoms with Crippen LogP contribution in [-0.2, 0) is 0 Å². The van der Waals surface area contributed by atoms with E-state index in [0.717, 1.165) is 11.0 Å². The first-order valence-electron chi connectivity index (χ1n) is 9.53. The first-order valence-corrected chi connectivity index (χ1v) is 9.91. The number of benzene rings is 3. The van der Waals surface area contributed by atoms with Crippen molar-refractivity contribution in [2.45, 2.75) is 0 Å². The second-order valence-corrected chi connectivity index (χ2v) is 7.37. The fourth-order valence-electron chi connectivity index (χ4n) is 3.38. The fraction of sp³-hybridized carbons (Fsp3) is 0.0870. The zero-order valence-electron chi connectivity index (χ0n) is 16.5. The predicted molar refractivity (Wildman–Crippen MR) is 115 cm³/mol. The lowest BCUT2D eigenvalue weighted by Gasteiger charge is -2.16. The number of hydrogen-bond acceptors (Lipinski definition) is 6. The normalized spacial score (nSPS) is 12.6. The standard InChI is InChI=1S/C23H15ClN2O6/c24-15-7-5-14(6-8-15)21(27)19-13-16(26(30)31)9-10-20(19)32-12-11-25-22(28)17-3-1-2-4-18(17)23(25)29/h1-10,13H,11-12H2. The summed E-state index contributed by atoms with van der Waals surface area (Å²) in [5.74, 6) is -1.22. The molecule has 0 fully saturated rings. The number of ether oxygens (including phenoxy) is 1. The van der Waals surface area contributed by atoms with E-state index in [0.29, 0.717) is 16.1 Å². The number of halogens is 1. The van der Waals surface area contributed by atoms with E-state index in [1.807, 2.05) is 0 Å². The molecule has 1 aliphatic heterocycles. The van der Waals surface area contributed by atoms with Crippen molar-refractivity contribution in [2.75, 3.05) is 13.2 Å². The Morgan fingerprint density at radius 2 is 1.59 bits per heavy atom. The van der Waals surface area contributed by atoms with Crippen LogP contribution in [0.25, 0.3) is 0 Å². The molecule has 0 unspecified atom stereocenters. The topological polar surface area (TPSA) is 107 Å². The van der Waals surface area contributed by atoms with Crippen LogP contribution in [0.1, 0.15) is 36.6 Å². The lowest BCUT2D eigenvalue weighted by atomic mass is 10.0. The van der Waals surface area contributed by atoms with Crippen molar-refractivity contribution in [3.8, 4) is 5.75 Å². The Hall–Kier alpha value is -4.04. The molecule has 8 nitrogen and oxygen atoms in total. The van der Waals surface area contributed by atoms with Crippen LogP contribution in [0.5, 0.6) is 5.75 Å². The molecule has 0 saturated heterocycles. The summed E-state index contributed by atoms with van der Waals surface area (Å²) < 4.78 is 5.68. The molecule has 0 saturated carbocycles. The molecule has 0 atom stereocenters. The number of amides is 2. The van der Waals surface area contributed by atoms with Gasteiger partial charge in [-0.25, -0.2) is 0 Å². The number of nitro groups is 1. The smallest absolute Gasteiger partial charge is 0.270 e. The average molecular weight is 451 g/mol. The van der Waals surface area contributed by atoms with Crippen LogP contribution in [0.3, 0.4) is 0 Å². The summed E-state index contributed by atoms with van der Waals surface area (Å²) in [6.45, 7) is -0.137. The zero-order chi connectivity index (χ0) is 22.8. The number of carbonyl (C=O) groups excluding carboxylic acids is 3. The molecule has 0 aliphatic carbocycles. The van der Waals surface area contributed by atoms with Crippen molar-refractivity contribution < 1.29 is 24.0 Å². The molecule has 2 amide bonds. The lowest BCUT2D eigenvalue weighted by Crippen LogP contribution is -2.33. The average Bonchev–Trinajstić information content (AvgIpc) is 3.04. The number of carbonyl (C=O) groups is 3. The van der Waals surface area contributed by atoms with Gasteiger partial charge in [-0.1, -0.05) is 23.7 Å². The SMILES string of the molecule is O=C(c1ccc(Cl)cc1)c1cc([N+](=O)[O-])ccc1OCCN1C(=O)c2ccccc2C1=O. The van der Waals surface area contributed by atoms with Gasteiger partial charge in [-0.15, -0.1) is 0 Å². The van der Waals surface area contributed by atoms with Crippen LogP contribution in [0.4, 0.5) is 5.69 Å². The molecule has 0 spiro atoms. The highest BCUT2D eigenvalue weighted by Gasteiger charge is 2.34. The second kappa shape index (κ2) is 8.60. The first kappa shape index (κ1) is 21.2. The Morgan fingerprint density at radius 1 is 0.969 bits per heavy atom. The molecule has 160 valence electrons. The van der Waals surface area contributed by atoms with Crippen molar-refractivity contribution in [3.05, 3.63) is 104 Å². The zero-order valence-corrected chi connectivity index (χ0v) is 17.2. The summed E-state index contributed by atoms with van der Waals surface area (Å²) in [6.07, 6.45) is 0. The molecule has 3 aromatic rings. The van der Waals surface area contributed by atoms with Gasteiger partial charge in [-0.3, -0.25) is 29.4 Å². The molecule has 9 heteroatoms. The number of non-ortho nitro benzene ring substituents is 1. The van der Waals surface area contributed by atoms with E-state index >= 15 is 0 Å². The molecule has 32 heavy (non-hydrogen) atoms. The first-order chi connectivity index (χ1) is 15.4. The summed E-state index contributed by atoms with van der Waals surface area (Å²) >= 11 is 5.86. The molecule has 0 bridgehead atoms. The Kier molecular flexibility index (Phi) is 5.70. The maximum Gasteiger partial charge on any atom is 0.270 e. The molecule has 0 N–H and O–H groups in total. The quantitative estimate of drug-likeness (QED) is 0.231. The highest BCUT2D eigenvalue weighted by molar-refractivity contribution is 6.30. The molecule has 0 radical (unpaired) electrons. The van der Waals surface area contributed by atoms with E-state index in [2.05, 4.69) is 0 Å². The van der Waals surface area contributed by atoms with Gasteiger partial charge in [0.2, 0.25) is 0 Å². The van der Waals surface area contributed by atoms with Crippen molar-refractivity contribution in [2.24, 2.45) is 0 Å². The molecule has 3 aromatic carbocycles. The van der Waals surface area contributed by atoms with Crippen molar-refractivity contribution in [1.29, 1.82) is 0 Å². The number of hydrogen-bond donors (Lipinski definition) is 0. The number of rotatable bonds is 7. The summed E-state index contributed by atoms with van der Waals surface area (Å²) in [5.41, 5.74) is 0.650. The monoisotopic (exact) mass is 450 g/mol. The van der Waals surface area contributed by atoms with Crippen LogP contribution < -0.4 is 4.74 Å². The third-order valence-corrected chi connectivity index (χ3v) is 5.23. The van der Waals surface area contributed by atoms with Gasteiger partial charge in [0, 0.05) is 22.7 Å². The third-order valence-electron chi connectivity index (χ3n) is 4.98. The van der Waals surface area contributed by atoms with E-state index in [-0.39, 0.29) is 35.7 Å². The molecular formula is C23H15ClN2O6. The van der Waals surface area contributed by atoms with Gasteiger partial charge in [0.05, 0.1) is 28.2 Å². The highest BCUT2D eigenvalue weighted by atomic mass is 35.5. The minimum Gasteiger partial charge on any atom is -0.491 e. The van der Waals surface area contributed by atoms with Crippen LogP contribution >= 0.6 is 11.6 Å². The third kappa shape index (κ3) is 3.95. The van der Waals surface area contributed by atoms with Crippen LogP contribution in [0.2, 0.25) is 5.02 Å². The van der Waals surface area contributed by atoms with E-state index in [9.17, 15) is 24.5 Å². The van der Waals surface area contributed by atoms with Crippen molar-refractivity contribution in [1.82, 2.24) is 4.90 Å². The fourth-order valence-corrected chi connectivity index (χ4v) is 3.51. The number of imide groups is 1. The van der Waals surface area contributed by atoms with Crippen molar-refractivity contribution in [3.63, 3.8) is 0 Å². The molecule has 1 aliphatic rings. The minimum atomic E-state index is -0.610. The molecule has 4 rings (SSSR count).